The first kappa shape index (κ1) is 12.4. The van der Waals surface area contributed by atoms with Crippen molar-refractivity contribution >= 4 is 41.1 Å². The Morgan fingerprint density at radius 3 is 2.53 bits per heavy atom. The summed E-state index contributed by atoms with van der Waals surface area (Å²) in [6.45, 7) is 0. The lowest BCUT2D eigenvalue weighted by Gasteiger charge is -2.05. The molecule has 0 fully saturated rings. The molecule has 0 radical (unpaired) electrons. The molecule has 0 aliphatic rings. The van der Waals surface area contributed by atoms with Crippen molar-refractivity contribution in [2.75, 3.05) is 0 Å². The van der Waals surface area contributed by atoms with Crippen molar-refractivity contribution < 1.29 is 4.79 Å². The van der Waals surface area contributed by atoms with Gasteiger partial charge >= 0.3 is 0 Å². The molecule has 86 valence electrons. The van der Waals surface area contributed by atoms with Gasteiger partial charge in [0.2, 0.25) is 0 Å². The van der Waals surface area contributed by atoms with E-state index < -0.39 is 0 Å². The molecule has 1 aromatic heterocycles. The highest BCUT2D eigenvalue weighted by Crippen LogP contribution is 2.30. The van der Waals surface area contributed by atoms with E-state index in [0.29, 0.717) is 33.2 Å². The fraction of sp³-hybridized carbons (Fsp3) is 0. The molecule has 1 aromatic carbocycles. The van der Waals surface area contributed by atoms with Crippen LogP contribution in [0.1, 0.15) is 10.4 Å². The van der Waals surface area contributed by atoms with Crippen LogP contribution in [0.5, 0.6) is 0 Å². The molecule has 0 N–H and O–H groups in total. The highest BCUT2D eigenvalue weighted by Gasteiger charge is 2.08. The van der Waals surface area contributed by atoms with E-state index in [-0.39, 0.29) is 5.15 Å². The quantitative estimate of drug-likeness (QED) is 0.600. The van der Waals surface area contributed by atoms with E-state index in [1.54, 1.807) is 24.3 Å². The van der Waals surface area contributed by atoms with Crippen molar-refractivity contribution in [3.8, 4) is 11.3 Å². The summed E-state index contributed by atoms with van der Waals surface area (Å²) in [7, 11) is 0. The van der Waals surface area contributed by atoms with Crippen LogP contribution in [0.25, 0.3) is 11.3 Å². The summed E-state index contributed by atoms with van der Waals surface area (Å²) in [4.78, 5) is 14.9. The van der Waals surface area contributed by atoms with Crippen LogP contribution < -0.4 is 0 Å². The van der Waals surface area contributed by atoms with Crippen LogP contribution in [0.4, 0.5) is 0 Å². The first-order valence-electron chi connectivity index (χ1n) is 4.68. The van der Waals surface area contributed by atoms with Gasteiger partial charge in [-0.3, -0.25) is 4.79 Å². The molecule has 0 spiro atoms. The predicted molar refractivity (Wildman–Crippen MR) is 70.1 cm³/mol. The van der Waals surface area contributed by atoms with Gasteiger partial charge in [-0.2, -0.15) is 0 Å². The fourth-order valence-corrected chi connectivity index (χ4v) is 2.02. The van der Waals surface area contributed by atoms with Crippen LogP contribution in [0.3, 0.4) is 0 Å². The van der Waals surface area contributed by atoms with E-state index >= 15 is 0 Å². The van der Waals surface area contributed by atoms with Gasteiger partial charge < -0.3 is 0 Å². The molecule has 0 atom stereocenters. The Morgan fingerprint density at radius 2 is 1.82 bits per heavy atom. The van der Waals surface area contributed by atoms with E-state index in [4.69, 9.17) is 34.8 Å². The van der Waals surface area contributed by atoms with Crippen molar-refractivity contribution in [2.45, 2.75) is 0 Å². The molecule has 2 rings (SSSR count). The van der Waals surface area contributed by atoms with Crippen molar-refractivity contribution in [2.24, 2.45) is 0 Å². The number of rotatable bonds is 2. The molecule has 2 nitrogen and oxygen atoms in total. The van der Waals surface area contributed by atoms with Crippen molar-refractivity contribution in [1.29, 1.82) is 0 Å². The van der Waals surface area contributed by atoms with Crippen LogP contribution in [0, 0.1) is 0 Å². The predicted octanol–water partition coefficient (Wildman–Crippen LogP) is 4.52. The minimum absolute atomic E-state index is 0.237. The lowest BCUT2D eigenvalue weighted by molar-refractivity contribution is 0.112. The molecule has 0 aliphatic carbocycles. The van der Waals surface area contributed by atoms with Crippen LogP contribution in [0.15, 0.2) is 30.3 Å². The van der Waals surface area contributed by atoms with Gasteiger partial charge in [0.1, 0.15) is 11.4 Å². The van der Waals surface area contributed by atoms with Crippen LogP contribution in [0.2, 0.25) is 15.2 Å². The van der Waals surface area contributed by atoms with Crippen molar-refractivity contribution in [3.63, 3.8) is 0 Å². The number of hydrogen-bond acceptors (Lipinski definition) is 2. The Labute approximate surface area is 113 Å². The Hall–Kier alpha value is -1.09. The first-order chi connectivity index (χ1) is 8.10. The Balaban J connectivity index is 2.63. The zero-order chi connectivity index (χ0) is 12.4. The summed E-state index contributed by atoms with van der Waals surface area (Å²) < 4.78 is 0. The maximum Gasteiger partial charge on any atom is 0.150 e. The number of halogens is 3. The lowest BCUT2D eigenvalue weighted by atomic mass is 10.1. The maximum absolute atomic E-state index is 10.7. The summed E-state index contributed by atoms with van der Waals surface area (Å²) in [6, 6.07) is 8.12. The molecule has 0 bridgehead atoms. The van der Waals surface area contributed by atoms with Gasteiger partial charge in [-0.15, -0.1) is 0 Å². The van der Waals surface area contributed by atoms with Crippen molar-refractivity contribution in [1.82, 2.24) is 4.98 Å². The second-order valence-corrected chi connectivity index (χ2v) is 4.58. The molecule has 1 heterocycles. The zero-order valence-electron chi connectivity index (χ0n) is 8.45. The smallest absolute Gasteiger partial charge is 0.150 e. The fourth-order valence-electron chi connectivity index (χ4n) is 1.42. The van der Waals surface area contributed by atoms with Gasteiger partial charge in [-0.1, -0.05) is 34.8 Å². The third kappa shape index (κ3) is 2.78. The monoisotopic (exact) mass is 285 g/mol. The number of aldehydes is 1. The molecule has 2 aromatic rings. The van der Waals surface area contributed by atoms with E-state index in [9.17, 15) is 4.79 Å². The van der Waals surface area contributed by atoms with Gasteiger partial charge in [-0.25, -0.2) is 4.98 Å². The first-order valence-corrected chi connectivity index (χ1v) is 5.82. The minimum Gasteiger partial charge on any atom is -0.298 e. The normalized spacial score (nSPS) is 10.3. The van der Waals surface area contributed by atoms with E-state index in [1.165, 1.54) is 6.07 Å². The second kappa shape index (κ2) is 5.05. The molecule has 0 aliphatic heterocycles. The number of carbonyl (C=O) groups excluding carboxylic acids is 1. The molecule has 0 saturated carbocycles. The van der Waals surface area contributed by atoms with Gasteiger partial charge in [0, 0.05) is 16.1 Å². The third-order valence-electron chi connectivity index (χ3n) is 2.16. The minimum atomic E-state index is 0.237. The second-order valence-electron chi connectivity index (χ2n) is 3.35. The summed E-state index contributed by atoms with van der Waals surface area (Å²) in [5.41, 5.74) is 1.60. The largest absolute Gasteiger partial charge is 0.298 e. The lowest BCUT2D eigenvalue weighted by Crippen LogP contribution is -1.89. The van der Waals surface area contributed by atoms with Gasteiger partial charge in [0.05, 0.1) is 10.7 Å². The number of carbonyl (C=O) groups is 1. The van der Waals surface area contributed by atoms with Crippen LogP contribution in [-0.2, 0) is 0 Å². The maximum atomic E-state index is 10.7. The average molecular weight is 287 g/mol. The number of benzene rings is 1. The molecule has 0 saturated heterocycles. The SMILES string of the molecule is O=Cc1cc(Cl)nc(-c2cc(Cl)ccc2Cl)c1. The Morgan fingerprint density at radius 1 is 1.06 bits per heavy atom. The standard InChI is InChI=1S/C12H6Cl3NO/c13-8-1-2-10(14)9(5-8)11-3-7(6-17)4-12(15)16-11/h1-6H. The zero-order valence-corrected chi connectivity index (χ0v) is 10.7. The summed E-state index contributed by atoms with van der Waals surface area (Å²) >= 11 is 17.8. The number of pyridine rings is 1. The van der Waals surface area contributed by atoms with Gasteiger partial charge in [0.15, 0.2) is 0 Å². The summed E-state index contributed by atoms with van der Waals surface area (Å²) in [5, 5.41) is 1.28. The molecular formula is C12H6Cl3NO. The van der Waals surface area contributed by atoms with Gasteiger partial charge in [0.25, 0.3) is 0 Å². The number of hydrogen-bond donors (Lipinski definition) is 0. The highest BCUT2D eigenvalue weighted by atomic mass is 35.5. The molecule has 0 unspecified atom stereocenters. The Kier molecular flexibility index (Phi) is 3.67. The average Bonchev–Trinajstić information content (AvgIpc) is 2.31. The van der Waals surface area contributed by atoms with E-state index in [1.807, 2.05) is 0 Å². The topological polar surface area (TPSA) is 30.0 Å². The Bertz CT molecular complexity index is 584. The van der Waals surface area contributed by atoms with E-state index in [0.717, 1.165) is 0 Å². The number of nitrogens with zero attached hydrogens (tertiary/aromatic N) is 1. The molecule has 5 heteroatoms. The molecule has 0 amide bonds. The summed E-state index contributed by atoms with van der Waals surface area (Å²) in [5.74, 6) is 0. The summed E-state index contributed by atoms with van der Waals surface area (Å²) in [6.07, 6.45) is 0.704. The van der Waals surface area contributed by atoms with Crippen molar-refractivity contribution in [3.05, 3.63) is 51.1 Å². The van der Waals surface area contributed by atoms with Gasteiger partial charge in [-0.05, 0) is 30.3 Å². The molecule has 17 heavy (non-hydrogen) atoms. The molecular weight excluding hydrogens is 280 g/mol. The van der Waals surface area contributed by atoms with Crippen LogP contribution >= 0.6 is 34.8 Å². The third-order valence-corrected chi connectivity index (χ3v) is 2.92. The highest BCUT2D eigenvalue weighted by molar-refractivity contribution is 6.35. The van der Waals surface area contributed by atoms with E-state index in [2.05, 4.69) is 4.98 Å². The van der Waals surface area contributed by atoms with Crippen LogP contribution in [-0.4, -0.2) is 11.3 Å². The number of aromatic nitrogens is 1.